The second kappa shape index (κ2) is 11.7. The molecule has 14 heteroatoms. The fourth-order valence-corrected chi connectivity index (χ4v) is 5.26. The molecule has 0 amide bonds. The molecule has 3 aromatic carbocycles. The van der Waals surface area contributed by atoms with Crippen LogP contribution in [0.5, 0.6) is 11.5 Å². The maximum absolute atomic E-state index is 15.0. The molecular formula is C28H21F9N2O2S. The minimum atomic E-state index is -4.99. The van der Waals surface area contributed by atoms with Crippen molar-refractivity contribution < 1.29 is 49.0 Å². The van der Waals surface area contributed by atoms with Gasteiger partial charge in [-0.2, -0.15) is 30.7 Å². The van der Waals surface area contributed by atoms with Crippen LogP contribution in [-0.4, -0.2) is 24.6 Å². The SMILES string of the molecule is COc1cc(C(Cc2ccccc2)(Nc2nc(C(F)(F)F)c(C)s2)c2cc(F)cc(OC(F)(F)C(F)F)c2)ccc1F. The summed E-state index contributed by atoms with van der Waals surface area (Å²) in [6, 6.07) is 13.8. The topological polar surface area (TPSA) is 43.4 Å². The van der Waals surface area contributed by atoms with Crippen molar-refractivity contribution in [2.24, 2.45) is 0 Å². The van der Waals surface area contributed by atoms with Crippen molar-refractivity contribution in [2.45, 2.75) is 37.6 Å². The zero-order chi connectivity index (χ0) is 30.9. The Morgan fingerprint density at radius 1 is 0.905 bits per heavy atom. The fraction of sp³-hybridized carbons (Fsp3) is 0.250. The van der Waals surface area contributed by atoms with Crippen molar-refractivity contribution in [1.82, 2.24) is 4.98 Å². The van der Waals surface area contributed by atoms with Crippen LogP contribution < -0.4 is 14.8 Å². The Hall–Kier alpha value is -3.94. The molecule has 1 unspecified atom stereocenters. The zero-order valence-corrected chi connectivity index (χ0v) is 22.5. The predicted molar refractivity (Wildman–Crippen MR) is 137 cm³/mol. The number of hydrogen-bond donors (Lipinski definition) is 1. The number of anilines is 1. The van der Waals surface area contributed by atoms with Gasteiger partial charge in [-0.05, 0) is 47.9 Å². The molecule has 0 aliphatic rings. The van der Waals surface area contributed by atoms with E-state index >= 15 is 0 Å². The van der Waals surface area contributed by atoms with E-state index in [1.54, 1.807) is 30.3 Å². The minimum Gasteiger partial charge on any atom is -0.494 e. The van der Waals surface area contributed by atoms with Crippen LogP contribution in [0.1, 0.15) is 27.3 Å². The number of hydrogen-bond acceptors (Lipinski definition) is 5. The first-order valence-corrected chi connectivity index (χ1v) is 12.8. The smallest absolute Gasteiger partial charge is 0.461 e. The number of nitrogens with one attached hydrogen (secondary N) is 1. The van der Waals surface area contributed by atoms with E-state index in [9.17, 15) is 39.5 Å². The van der Waals surface area contributed by atoms with Crippen molar-refractivity contribution in [2.75, 3.05) is 12.4 Å². The predicted octanol–water partition coefficient (Wildman–Crippen LogP) is 8.59. The molecule has 224 valence electrons. The van der Waals surface area contributed by atoms with Gasteiger partial charge in [0.25, 0.3) is 0 Å². The van der Waals surface area contributed by atoms with Gasteiger partial charge in [0.15, 0.2) is 22.4 Å². The number of aryl methyl sites for hydroxylation is 1. The number of halogens is 9. The Morgan fingerprint density at radius 2 is 1.60 bits per heavy atom. The van der Waals surface area contributed by atoms with Crippen LogP contribution in [-0.2, 0) is 18.1 Å². The quantitative estimate of drug-likeness (QED) is 0.181. The molecule has 1 aromatic heterocycles. The van der Waals surface area contributed by atoms with Crippen molar-refractivity contribution in [3.05, 3.63) is 106 Å². The van der Waals surface area contributed by atoms with Gasteiger partial charge >= 0.3 is 18.7 Å². The average Bonchev–Trinajstić information content (AvgIpc) is 3.28. The highest BCUT2D eigenvalue weighted by atomic mass is 32.1. The largest absolute Gasteiger partial charge is 0.494 e. The first-order chi connectivity index (χ1) is 19.6. The average molecular weight is 621 g/mol. The van der Waals surface area contributed by atoms with E-state index in [-0.39, 0.29) is 33.3 Å². The van der Waals surface area contributed by atoms with Gasteiger partial charge in [-0.3, -0.25) is 0 Å². The van der Waals surface area contributed by atoms with Gasteiger partial charge in [0, 0.05) is 17.4 Å². The zero-order valence-electron chi connectivity index (χ0n) is 21.7. The van der Waals surface area contributed by atoms with Crippen molar-refractivity contribution in [3.63, 3.8) is 0 Å². The van der Waals surface area contributed by atoms with Gasteiger partial charge < -0.3 is 14.8 Å². The summed E-state index contributed by atoms with van der Waals surface area (Å²) in [5.74, 6) is -3.28. The van der Waals surface area contributed by atoms with Crippen LogP contribution in [0.25, 0.3) is 0 Å². The number of ether oxygens (including phenoxy) is 2. The molecule has 0 spiro atoms. The van der Waals surface area contributed by atoms with Crippen LogP contribution in [0.2, 0.25) is 0 Å². The van der Waals surface area contributed by atoms with E-state index in [4.69, 9.17) is 4.74 Å². The van der Waals surface area contributed by atoms with Crippen LogP contribution in [0.4, 0.5) is 44.6 Å². The molecule has 1 atom stereocenters. The molecule has 0 aliphatic carbocycles. The summed E-state index contributed by atoms with van der Waals surface area (Å²) >= 11 is 0.612. The Morgan fingerprint density at radius 3 is 2.19 bits per heavy atom. The molecule has 0 radical (unpaired) electrons. The number of methoxy groups -OCH3 is 1. The third-order valence-electron chi connectivity index (χ3n) is 6.21. The van der Waals surface area contributed by atoms with Gasteiger partial charge in [-0.25, -0.2) is 13.8 Å². The molecule has 4 rings (SSSR count). The van der Waals surface area contributed by atoms with Gasteiger partial charge in [0.1, 0.15) is 11.6 Å². The number of aromatic nitrogens is 1. The first-order valence-electron chi connectivity index (χ1n) is 12.0. The Kier molecular flexibility index (Phi) is 8.67. The molecule has 0 bridgehead atoms. The molecule has 4 aromatic rings. The molecule has 0 saturated heterocycles. The van der Waals surface area contributed by atoms with Crippen molar-refractivity contribution in [3.8, 4) is 11.5 Å². The molecule has 1 N–H and O–H groups in total. The van der Waals surface area contributed by atoms with Gasteiger partial charge in [0.2, 0.25) is 0 Å². The van der Waals surface area contributed by atoms with Crippen LogP contribution in [0.15, 0.2) is 66.7 Å². The number of nitrogens with zero attached hydrogens (tertiary/aromatic N) is 1. The van der Waals surface area contributed by atoms with Crippen LogP contribution >= 0.6 is 11.3 Å². The third-order valence-corrected chi connectivity index (χ3v) is 7.10. The Labute approximate surface area is 237 Å². The maximum atomic E-state index is 15.0. The van der Waals surface area contributed by atoms with E-state index < -0.39 is 47.3 Å². The van der Waals surface area contributed by atoms with Crippen LogP contribution in [0, 0.1) is 18.6 Å². The number of thiazole rings is 1. The summed E-state index contributed by atoms with van der Waals surface area (Å²) in [6.07, 6.45) is -14.3. The molecule has 0 aliphatic heterocycles. The Bertz CT molecular complexity index is 1540. The van der Waals surface area contributed by atoms with Gasteiger partial charge in [-0.15, -0.1) is 11.3 Å². The van der Waals surface area contributed by atoms with Gasteiger partial charge in [-0.1, -0.05) is 36.4 Å². The summed E-state index contributed by atoms with van der Waals surface area (Å²) in [6.45, 7) is 1.19. The lowest BCUT2D eigenvalue weighted by molar-refractivity contribution is -0.253. The normalized spacial score (nSPS) is 13.6. The number of alkyl halides is 7. The second-order valence-electron chi connectivity index (χ2n) is 9.10. The first kappa shape index (κ1) is 31.0. The van der Waals surface area contributed by atoms with Crippen molar-refractivity contribution in [1.29, 1.82) is 0 Å². The molecular weight excluding hydrogens is 599 g/mol. The van der Waals surface area contributed by atoms with E-state index in [0.29, 0.717) is 23.0 Å². The maximum Gasteiger partial charge on any atom is 0.461 e. The van der Waals surface area contributed by atoms with Gasteiger partial charge in [0.05, 0.1) is 12.6 Å². The highest BCUT2D eigenvalue weighted by molar-refractivity contribution is 7.15. The summed E-state index contributed by atoms with van der Waals surface area (Å²) in [4.78, 5) is 3.47. The lowest BCUT2D eigenvalue weighted by atomic mass is 9.77. The Balaban J connectivity index is 2.02. The highest BCUT2D eigenvalue weighted by Gasteiger charge is 2.45. The van der Waals surface area contributed by atoms with Crippen molar-refractivity contribution >= 4 is 16.5 Å². The van der Waals surface area contributed by atoms with Crippen LogP contribution in [0.3, 0.4) is 0 Å². The summed E-state index contributed by atoms with van der Waals surface area (Å²) in [7, 11) is 1.16. The van der Waals surface area contributed by atoms with E-state index in [0.717, 1.165) is 25.3 Å². The summed E-state index contributed by atoms with van der Waals surface area (Å²) in [5.41, 5.74) is -2.69. The molecule has 1 heterocycles. The number of benzene rings is 3. The molecule has 0 fully saturated rings. The number of rotatable bonds is 10. The lowest BCUT2D eigenvalue weighted by Crippen LogP contribution is -2.40. The summed E-state index contributed by atoms with van der Waals surface area (Å²) < 4.78 is 133. The van der Waals surface area contributed by atoms with E-state index in [2.05, 4.69) is 15.0 Å². The second-order valence-corrected chi connectivity index (χ2v) is 10.3. The summed E-state index contributed by atoms with van der Waals surface area (Å²) in [5, 5.41) is 2.59. The lowest BCUT2D eigenvalue weighted by Gasteiger charge is -2.37. The standard InChI is InChI=1S/C28H21F9N2O2S/c1-15-23(27(33,34)35)38-25(42-15)39-26(14-16-6-4-3-5-7-16,17-8-9-21(30)22(12-17)40-2)18-10-19(29)13-20(11-18)41-28(36,37)24(31)32/h3-13,24H,14H2,1-2H3,(H,38,39). The fourth-order valence-electron chi connectivity index (χ4n) is 4.35. The van der Waals surface area contributed by atoms with E-state index in [1.807, 2.05) is 0 Å². The third kappa shape index (κ3) is 6.58. The highest BCUT2D eigenvalue weighted by Crippen LogP contribution is 2.43. The minimum absolute atomic E-state index is 0.0863. The molecule has 0 saturated carbocycles. The molecule has 42 heavy (non-hydrogen) atoms. The monoisotopic (exact) mass is 620 g/mol. The van der Waals surface area contributed by atoms with E-state index in [1.165, 1.54) is 19.1 Å². The molecule has 4 nitrogen and oxygen atoms in total.